The van der Waals surface area contributed by atoms with Gasteiger partial charge in [0.2, 0.25) is 11.2 Å². The largest absolute Gasteiger partial charge is 0.618 e. The Morgan fingerprint density at radius 1 is 1.11 bits per heavy atom. The van der Waals surface area contributed by atoms with Gasteiger partial charge in [0.15, 0.2) is 0 Å². The van der Waals surface area contributed by atoms with Gasteiger partial charge in [-0.15, -0.1) is 0 Å². The third-order valence-corrected chi connectivity index (χ3v) is 3.47. The van der Waals surface area contributed by atoms with Crippen LogP contribution in [0, 0.1) is 5.21 Å². The van der Waals surface area contributed by atoms with Crippen molar-refractivity contribution < 1.29 is 4.73 Å². The van der Waals surface area contributed by atoms with Gasteiger partial charge < -0.3 is 10.5 Å². The number of fused-ring (bicyclic) bond motifs is 1. The molecule has 1 aromatic carbocycles. The maximum absolute atomic E-state index is 12.3. The summed E-state index contributed by atoms with van der Waals surface area (Å²) in [5, 5.41) is 16.6. The first kappa shape index (κ1) is 11.4. The topological polar surface area (TPSA) is 42.2 Å². The van der Waals surface area contributed by atoms with Gasteiger partial charge >= 0.3 is 0 Å². The maximum Gasteiger partial charge on any atom is 0.224 e. The number of hydrogen-bond donors (Lipinski definition) is 1. The fourth-order valence-electron chi connectivity index (χ4n) is 2.44. The minimum Gasteiger partial charge on any atom is -0.618 e. The van der Waals surface area contributed by atoms with E-state index in [1.807, 2.05) is 36.4 Å². The molecule has 0 spiro atoms. The van der Waals surface area contributed by atoms with Gasteiger partial charge in [0, 0.05) is 43.7 Å². The van der Waals surface area contributed by atoms with Crippen molar-refractivity contribution in [2.45, 2.75) is 6.54 Å². The molecule has 0 saturated carbocycles. The Labute approximate surface area is 106 Å². The third kappa shape index (κ3) is 2.17. The molecule has 2 heterocycles. The molecule has 2 aromatic rings. The summed E-state index contributed by atoms with van der Waals surface area (Å²) in [6.07, 6.45) is 0. The number of pyridine rings is 1. The van der Waals surface area contributed by atoms with Crippen LogP contribution < -0.4 is 10.0 Å². The zero-order valence-corrected chi connectivity index (χ0v) is 10.3. The average Bonchev–Trinajstić information content (AvgIpc) is 2.43. The minimum atomic E-state index is 0.732. The highest BCUT2D eigenvalue weighted by Gasteiger charge is 2.16. The number of aromatic nitrogens is 1. The number of benzene rings is 1. The molecule has 0 aliphatic carbocycles. The molecule has 1 saturated heterocycles. The highest BCUT2D eigenvalue weighted by atomic mass is 16.5. The first-order chi connectivity index (χ1) is 8.84. The van der Waals surface area contributed by atoms with Crippen molar-refractivity contribution in [1.29, 1.82) is 0 Å². The smallest absolute Gasteiger partial charge is 0.224 e. The molecule has 0 radical (unpaired) electrons. The summed E-state index contributed by atoms with van der Waals surface area (Å²) in [5.41, 5.74) is 1.58. The van der Waals surface area contributed by atoms with Gasteiger partial charge in [-0.2, -0.15) is 4.73 Å². The Morgan fingerprint density at radius 3 is 2.72 bits per heavy atom. The van der Waals surface area contributed by atoms with Crippen LogP contribution in [0.25, 0.3) is 10.9 Å². The van der Waals surface area contributed by atoms with Gasteiger partial charge in [0.05, 0.1) is 6.54 Å². The summed E-state index contributed by atoms with van der Waals surface area (Å²) < 4.78 is 1.07. The van der Waals surface area contributed by atoms with Gasteiger partial charge in [0.1, 0.15) is 0 Å². The van der Waals surface area contributed by atoms with E-state index in [1.165, 1.54) is 0 Å². The van der Waals surface area contributed by atoms with Crippen molar-refractivity contribution in [1.82, 2.24) is 10.2 Å². The molecule has 94 valence electrons. The predicted molar refractivity (Wildman–Crippen MR) is 71.1 cm³/mol. The molecule has 0 amide bonds. The zero-order valence-electron chi connectivity index (χ0n) is 10.3. The van der Waals surface area contributed by atoms with E-state index in [-0.39, 0.29) is 0 Å². The molecule has 1 aliphatic rings. The number of nitrogens with one attached hydrogen (secondary N) is 1. The quantitative estimate of drug-likeness (QED) is 0.629. The summed E-state index contributed by atoms with van der Waals surface area (Å²) in [5.74, 6) is 0. The van der Waals surface area contributed by atoms with Crippen LogP contribution in [0.4, 0.5) is 0 Å². The molecule has 1 aliphatic heterocycles. The maximum atomic E-state index is 12.3. The van der Waals surface area contributed by atoms with E-state index >= 15 is 0 Å². The van der Waals surface area contributed by atoms with E-state index in [0.717, 1.165) is 54.1 Å². The normalized spacial score (nSPS) is 17.1. The van der Waals surface area contributed by atoms with E-state index in [9.17, 15) is 5.21 Å². The van der Waals surface area contributed by atoms with E-state index < -0.39 is 0 Å². The molecule has 3 rings (SSSR count). The number of hydrogen-bond acceptors (Lipinski definition) is 3. The Kier molecular flexibility index (Phi) is 3.13. The van der Waals surface area contributed by atoms with Crippen molar-refractivity contribution in [3.63, 3.8) is 0 Å². The van der Waals surface area contributed by atoms with Crippen LogP contribution in [0.5, 0.6) is 0 Å². The summed E-state index contributed by atoms with van der Waals surface area (Å²) in [6, 6.07) is 11.7. The van der Waals surface area contributed by atoms with Crippen LogP contribution in [0.15, 0.2) is 36.4 Å². The molecule has 1 aromatic heterocycles. The molecule has 4 nitrogen and oxygen atoms in total. The molecular weight excluding hydrogens is 226 g/mol. The van der Waals surface area contributed by atoms with Gasteiger partial charge in [-0.1, -0.05) is 12.1 Å². The first-order valence-corrected chi connectivity index (χ1v) is 6.38. The average molecular weight is 243 g/mol. The van der Waals surface area contributed by atoms with E-state index in [0.29, 0.717) is 0 Å². The van der Waals surface area contributed by atoms with Gasteiger partial charge in [0.25, 0.3) is 0 Å². The first-order valence-electron chi connectivity index (χ1n) is 6.38. The summed E-state index contributed by atoms with van der Waals surface area (Å²) in [7, 11) is 0. The molecule has 1 N–H and O–H groups in total. The van der Waals surface area contributed by atoms with Crippen molar-refractivity contribution in [3.8, 4) is 0 Å². The van der Waals surface area contributed by atoms with E-state index in [1.54, 1.807) is 0 Å². The molecule has 1 fully saturated rings. The zero-order chi connectivity index (χ0) is 12.4. The van der Waals surface area contributed by atoms with Gasteiger partial charge in [-0.05, 0) is 12.1 Å². The summed E-state index contributed by atoms with van der Waals surface area (Å²) in [6.45, 7) is 4.76. The molecule has 0 bridgehead atoms. The predicted octanol–water partition coefficient (Wildman–Crippen LogP) is 0.878. The number of rotatable bonds is 2. The van der Waals surface area contributed by atoms with Crippen LogP contribution in [0.1, 0.15) is 5.69 Å². The lowest BCUT2D eigenvalue weighted by molar-refractivity contribution is -0.587. The van der Waals surface area contributed by atoms with Crippen LogP contribution in [0.3, 0.4) is 0 Å². The van der Waals surface area contributed by atoms with E-state index in [4.69, 9.17) is 0 Å². The lowest BCUT2D eigenvalue weighted by atomic mass is 10.2. The lowest BCUT2D eigenvalue weighted by Gasteiger charge is -2.26. The standard InChI is InChI=1S/C14H17N3O/c18-17-13(11-16-9-7-15-8-10-16)6-5-12-3-1-2-4-14(12)17/h1-6,15H,7-11H2. The van der Waals surface area contributed by atoms with Crippen molar-refractivity contribution >= 4 is 10.9 Å². The van der Waals surface area contributed by atoms with Gasteiger partial charge in [-0.3, -0.25) is 4.90 Å². The number of piperazine rings is 1. The van der Waals surface area contributed by atoms with Crippen LogP contribution in [0.2, 0.25) is 0 Å². The number of para-hydroxylation sites is 1. The lowest BCUT2D eigenvalue weighted by Crippen LogP contribution is -2.45. The highest BCUT2D eigenvalue weighted by molar-refractivity contribution is 5.75. The summed E-state index contributed by atoms with van der Waals surface area (Å²) in [4.78, 5) is 2.31. The van der Waals surface area contributed by atoms with Crippen molar-refractivity contribution in [2.75, 3.05) is 26.2 Å². The van der Waals surface area contributed by atoms with Crippen molar-refractivity contribution in [3.05, 3.63) is 47.3 Å². The molecule has 4 heteroatoms. The Bertz CT molecular complexity index is 550. The van der Waals surface area contributed by atoms with Crippen LogP contribution in [-0.4, -0.2) is 31.1 Å². The fourth-order valence-corrected chi connectivity index (χ4v) is 2.44. The molecule has 18 heavy (non-hydrogen) atoms. The second-order valence-electron chi connectivity index (χ2n) is 4.70. The van der Waals surface area contributed by atoms with Gasteiger partial charge in [-0.25, -0.2) is 0 Å². The Balaban J connectivity index is 1.89. The summed E-state index contributed by atoms with van der Waals surface area (Å²) >= 11 is 0. The highest BCUT2D eigenvalue weighted by Crippen LogP contribution is 2.11. The van der Waals surface area contributed by atoms with Crippen LogP contribution >= 0.6 is 0 Å². The fraction of sp³-hybridized carbons (Fsp3) is 0.357. The monoisotopic (exact) mass is 243 g/mol. The number of nitrogens with zero attached hydrogens (tertiary/aromatic N) is 2. The second-order valence-corrected chi connectivity index (χ2v) is 4.70. The third-order valence-electron chi connectivity index (χ3n) is 3.47. The molecular formula is C14H17N3O. The Morgan fingerprint density at radius 2 is 1.89 bits per heavy atom. The second kappa shape index (κ2) is 4.92. The Hall–Kier alpha value is -1.65. The van der Waals surface area contributed by atoms with Crippen LogP contribution in [-0.2, 0) is 6.54 Å². The van der Waals surface area contributed by atoms with Crippen molar-refractivity contribution in [2.24, 2.45) is 0 Å². The SMILES string of the molecule is [O-][n+]1c(CN2CCNCC2)ccc2ccccc21. The molecule has 0 unspecified atom stereocenters. The van der Waals surface area contributed by atoms with E-state index in [2.05, 4.69) is 10.2 Å². The molecule has 0 atom stereocenters. The minimum absolute atomic E-state index is 0.732.